The highest BCUT2D eigenvalue weighted by Crippen LogP contribution is 2.34. The molecule has 0 bridgehead atoms. The molecule has 0 amide bonds. The van der Waals surface area contributed by atoms with Crippen LogP contribution in [0, 0.1) is 5.92 Å². The Bertz CT molecular complexity index is 246. The van der Waals surface area contributed by atoms with Crippen LogP contribution in [0.1, 0.15) is 12.8 Å². The molecule has 0 spiro atoms. The van der Waals surface area contributed by atoms with E-state index in [0.29, 0.717) is 0 Å². The summed E-state index contributed by atoms with van der Waals surface area (Å²) in [4.78, 5) is 10.8. The van der Waals surface area contributed by atoms with Gasteiger partial charge in [0.15, 0.2) is 0 Å². The Morgan fingerprint density at radius 1 is 1.12 bits per heavy atom. The molecule has 0 saturated carbocycles. The number of carbonyl (C=O) groups excluding carboxylic acids is 1. The molecule has 1 unspecified atom stereocenters. The maximum absolute atomic E-state index is 12.0. The highest BCUT2D eigenvalue weighted by atomic mass is 19.4. The summed E-state index contributed by atoms with van der Waals surface area (Å²) < 4.78 is 76.2. The van der Waals surface area contributed by atoms with E-state index in [1.807, 2.05) is 0 Å². The number of halogens is 6. The van der Waals surface area contributed by atoms with Crippen LogP contribution in [-0.4, -0.2) is 31.5 Å². The molecule has 1 atom stereocenters. The van der Waals surface area contributed by atoms with E-state index in [2.05, 4.69) is 4.74 Å². The van der Waals surface area contributed by atoms with Crippen LogP contribution in [0.2, 0.25) is 0 Å². The molecule has 9 heteroatoms. The Morgan fingerprint density at radius 2 is 1.47 bits per heavy atom. The summed E-state index contributed by atoms with van der Waals surface area (Å²) >= 11 is 0. The summed E-state index contributed by atoms with van der Waals surface area (Å²) in [6.07, 6.45) is -13.2. The van der Waals surface area contributed by atoms with Gasteiger partial charge < -0.3 is 10.5 Å². The number of hydrogen-bond donors (Lipinski definition) is 1. The second-order valence-electron chi connectivity index (χ2n) is 3.45. The zero-order chi connectivity index (χ0) is 13.9. The summed E-state index contributed by atoms with van der Waals surface area (Å²) in [6, 6.07) is -1.96. The Hall–Kier alpha value is -0.990. The minimum atomic E-state index is -4.83. The maximum atomic E-state index is 12.0. The topological polar surface area (TPSA) is 52.3 Å². The normalized spacial score (nSPS) is 14.9. The van der Waals surface area contributed by atoms with Crippen LogP contribution in [-0.2, 0) is 9.53 Å². The Labute approximate surface area is 92.9 Å². The fourth-order valence-corrected chi connectivity index (χ4v) is 1.25. The molecule has 0 radical (unpaired) electrons. The molecular weight excluding hydrogens is 256 g/mol. The number of alkyl halides is 6. The first-order valence-corrected chi connectivity index (χ1v) is 4.43. The quantitative estimate of drug-likeness (QED) is 0.626. The second-order valence-corrected chi connectivity index (χ2v) is 3.45. The number of ether oxygens (including phenoxy) is 1. The first-order chi connectivity index (χ1) is 7.46. The van der Waals surface area contributed by atoms with Crippen molar-refractivity contribution in [1.29, 1.82) is 0 Å². The number of carbonyl (C=O) groups is 1. The zero-order valence-electron chi connectivity index (χ0n) is 8.73. The minimum absolute atomic E-state index is 0.834. The molecule has 0 aliphatic heterocycles. The van der Waals surface area contributed by atoms with E-state index in [4.69, 9.17) is 5.73 Å². The van der Waals surface area contributed by atoms with Crippen molar-refractivity contribution in [3.05, 3.63) is 0 Å². The van der Waals surface area contributed by atoms with Crippen molar-refractivity contribution in [2.45, 2.75) is 31.2 Å². The number of esters is 1. The van der Waals surface area contributed by atoms with Gasteiger partial charge in [0.1, 0.15) is 6.04 Å². The summed E-state index contributed by atoms with van der Waals surface area (Å²) in [5.74, 6) is -3.38. The number of hydrogen-bond acceptors (Lipinski definition) is 3. The van der Waals surface area contributed by atoms with Crippen molar-refractivity contribution >= 4 is 5.97 Å². The van der Waals surface area contributed by atoms with E-state index in [-0.39, 0.29) is 0 Å². The lowest BCUT2D eigenvalue weighted by Crippen LogP contribution is -2.42. The van der Waals surface area contributed by atoms with Crippen molar-refractivity contribution < 1.29 is 35.9 Å². The van der Waals surface area contributed by atoms with Gasteiger partial charge >= 0.3 is 18.3 Å². The molecule has 17 heavy (non-hydrogen) atoms. The first kappa shape index (κ1) is 16.0. The van der Waals surface area contributed by atoms with Crippen LogP contribution >= 0.6 is 0 Å². The van der Waals surface area contributed by atoms with E-state index in [0.717, 1.165) is 7.11 Å². The highest BCUT2D eigenvalue weighted by molar-refractivity contribution is 5.75. The van der Waals surface area contributed by atoms with Crippen molar-refractivity contribution in [3.63, 3.8) is 0 Å². The Balaban J connectivity index is 4.79. The molecule has 0 saturated heterocycles. The van der Waals surface area contributed by atoms with E-state index in [1.165, 1.54) is 0 Å². The average Bonchev–Trinajstić information content (AvgIpc) is 2.09. The van der Waals surface area contributed by atoms with Gasteiger partial charge in [0.2, 0.25) is 0 Å². The van der Waals surface area contributed by atoms with Gasteiger partial charge in [0, 0.05) is 18.8 Å². The largest absolute Gasteiger partial charge is 0.468 e. The molecule has 2 N–H and O–H groups in total. The van der Waals surface area contributed by atoms with Crippen LogP contribution in [0.25, 0.3) is 0 Å². The van der Waals surface area contributed by atoms with Crippen LogP contribution in [0.15, 0.2) is 0 Å². The van der Waals surface area contributed by atoms with Gasteiger partial charge in [-0.1, -0.05) is 0 Å². The summed E-state index contributed by atoms with van der Waals surface area (Å²) in [7, 11) is 0.834. The van der Waals surface area contributed by atoms with Crippen LogP contribution in [0.3, 0.4) is 0 Å². The van der Waals surface area contributed by atoms with Gasteiger partial charge in [-0.15, -0.1) is 0 Å². The molecule has 0 heterocycles. The van der Waals surface area contributed by atoms with Crippen LogP contribution < -0.4 is 5.73 Å². The molecular formula is C8H11F6NO2. The molecule has 0 aliphatic carbocycles. The third-order valence-electron chi connectivity index (χ3n) is 1.97. The average molecular weight is 267 g/mol. The van der Waals surface area contributed by atoms with Gasteiger partial charge in [0.05, 0.1) is 7.11 Å². The SMILES string of the molecule is COC(=O)C(N)C(CC(F)(F)F)CC(F)(F)F. The monoisotopic (exact) mass is 267 g/mol. The fourth-order valence-electron chi connectivity index (χ4n) is 1.25. The van der Waals surface area contributed by atoms with Crippen molar-refractivity contribution in [1.82, 2.24) is 0 Å². The summed E-state index contributed by atoms with van der Waals surface area (Å²) in [5.41, 5.74) is 5.01. The third kappa shape index (κ3) is 7.03. The molecule has 0 fully saturated rings. The molecule has 3 nitrogen and oxygen atoms in total. The van der Waals surface area contributed by atoms with Gasteiger partial charge in [0.25, 0.3) is 0 Å². The Morgan fingerprint density at radius 3 is 1.71 bits per heavy atom. The minimum Gasteiger partial charge on any atom is -0.468 e. The number of methoxy groups -OCH3 is 1. The predicted octanol–water partition coefficient (Wildman–Crippen LogP) is 2.01. The van der Waals surface area contributed by atoms with Gasteiger partial charge in [-0.05, 0) is 0 Å². The van der Waals surface area contributed by atoms with Crippen LogP contribution in [0.5, 0.6) is 0 Å². The molecule has 0 aliphatic rings. The lowest BCUT2D eigenvalue weighted by atomic mass is 9.92. The number of rotatable bonds is 4. The summed E-state index contributed by atoms with van der Waals surface area (Å²) in [5, 5.41) is 0. The number of nitrogens with two attached hydrogens (primary N) is 1. The lowest BCUT2D eigenvalue weighted by molar-refractivity contribution is -0.178. The highest BCUT2D eigenvalue weighted by Gasteiger charge is 2.43. The smallest absolute Gasteiger partial charge is 0.389 e. The molecule has 102 valence electrons. The zero-order valence-corrected chi connectivity index (χ0v) is 8.73. The lowest BCUT2D eigenvalue weighted by Gasteiger charge is -2.24. The third-order valence-corrected chi connectivity index (χ3v) is 1.97. The van der Waals surface area contributed by atoms with Gasteiger partial charge in [-0.2, -0.15) is 26.3 Å². The van der Waals surface area contributed by atoms with E-state index in [9.17, 15) is 31.1 Å². The molecule has 0 aromatic rings. The maximum Gasteiger partial charge on any atom is 0.389 e. The van der Waals surface area contributed by atoms with Gasteiger partial charge in [-0.3, -0.25) is 4.79 Å². The van der Waals surface area contributed by atoms with E-state index in [1.54, 1.807) is 0 Å². The molecule has 0 aromatic carbocycles. The predicted molar refractivity (Wildman–Crippen MR) is 44.8 cm³/mol. The fraction of sp³-hybridized carbons (Fsp3) is 0.875. The van der Waals surface area contributed by atoms with Crippen molar-refractivity contribution in [2.24, 2.45) is 11.7 Å². The van der Waals surface area contributed by atoms with Crippen molar-refractivity contribution in [3.8, 4) is 0 Å². The Kier molecular flexibility index (Phi) is 5.24. The summed E-state index contributed by atoms with van der Waals surface area (Å²) in [6.45, 7) is 0. The van der Waals surface area contributed by atoms with Crippen molar-refractivity contribution in [2.75, 3.05) is 7.11 Å². The second kappa shape index (κ2) is 5.56. The van der Waals surface area contributed by atoms with Gasteiger partial charge in [-0.25, -0.2) is 0 Å². The molecule has 0 aromatic heterocycles. The first-order valence-electron chi connectivity index (χ1n) is 4.43. The molecule has 0 rings (SSSR count). The van der Waals surface area contributed by atoms with E-state index >= 15 is 0 Å². The van der Waals surface area contributed by atoms with E-state index < -0.39 is 43.1 Å². The standard InChI is InChI=1S/C8H11F6NO2/c1-17-6(16)5(15)4(2-7(9,10)11)3-8(12,13)14/h4-5H,2-3,15H2,1H3. The van der Waals surface area contributed by atoms with Crippen LogP contribution in [0.4, 0.5) is 26.3 Å².